The Morgan fingerprint density at radius 2 is 1.84 bits per heavy atom. The normalized spacial score (nSPS) is 23.0. The molecule has 4 heteroatoms. The SMILES string of the molecule is O=C1CCCCC/C1=C1\C(=O)Nc2ccc(Br)cc21. The number of carbonyl (C=O) groups is 2. The number of nitrogens with one attached hydrogen (secondary N) is 1. The molecule has 1 amide bonds. The fourth-order valence-corrected chi connectivity index (χ4v) is 3.12. The Balaban J connectivity index is 2.16. The van der Waals surface area contributed by atoms with Crippen molar-refractivity contribution in [2.75, 3.05) is 5.32 Å². The number of carbonyl (C=O) groups excluding carboxylic acids is 2. The Labute approximate surface area is 120 Å². The number of benzene rings is 1. The Bertz CT molecular complexity index is 604. The Morgan fingerprint density at radius 3 is 2.68 bits per heavy atom. The number of fused-ring (bicyclic) bond motifs is 1. The molecular formula is C15H14BrNO2. The van der Waals surface area contributed by atoms with Crippen LogP contribution >= 0.6 is 15.9 Å². The summed E-state index contributed by atoms with van der Waals surface area (Å²) in [4.78, 5) is 24.4. The second-order valence-electron chi connectivity index (χ2n) is 4.98. The third-order valence-electron chi connectivity index (χ3n) is 3.70. The van der Waals surface area contributed by atoms with Crippen molar-refractivity contribution in [2.24, 2.45) is 0 Å². The van der Waals surface area contributed by atoms with Crippen LogP contribution in [0.15, 0.2) is 28.2 Å². The van der Waals surface area contributed by atoms with Gasteiger partial charge >= 0.3 is 0 Å². The van der Waals surface area contributed by atoms with Crippen molar-refractivity contribution in [1.29, 1.82) is 0 Å². The second kappa shape index (κ2) is 4.93. The summed E-state index contributed by atoms with van der Waals surface area (Å²) in [5.41, 5.74) is 2.95. The van der Waals surface area contributed by atoms with E-state index < -0.39 is 0 Å². The van der Waals surface area contributed by atoms with Crippen LogP contribution in [0.2, 0.25) is 0 Å². The molecule has 0 atom stereocenters. The summed E-state index contributed by atoms with van der Waals surface area (Å²) in [5, 5.41) is 2.84. The van der Waals surface area contributed by atoms with E-state index in [1.54, 1.807) is 0 Å². The second-order valence-corrected chi connectivity index (χ2v) is 5.90. The van der Waals surface area contributed by atoms with E-state index in [0.29, 0.717) is 24.0 Å². The number of anilines is 1. The van der Waals surface area contributed by atoms with Gasteiger partial charge in [-0.05, 0) is 37.5 Å². The summed E-state index contributed by atoms with van der Waals surface area (Å²) in [6.45, 7) is 0. The summed E-state index contributed by atoms with van der Waals surface area (Å²) < 4.78 is 0.918. The average Bonchev–Trinajstić information content (AvgIpc) is 2.55. The van der Waals surface area contributed by atoms with Gasteiger partial charge in [0.25, 0.3) is 5.91 Å². The molecule has 1 fully saturated rings. The molecule has 0 aromatic heterocycles. The van der Waals surface area contributed by atoms with E-state index in [-0.39, 0.29) is 11.7 Å². The number of halogens is 1. The lowest BCUT2D eigenvalue weighted by atomic mass is 9.95. The Morgan fingerprint density at radius 1 is 1.05 bits per heavy atom. The molecule has 0 saturated heterocycles. The van der Waals surface area contributed by atoms with Crippen molar-refractivity contribution in [3.8, 4) is 0 Å². The zero-order valence-electron chi connectivity index (χ0n) is 10.5. The number of hydrogen-bond acceptors (Lipinski definition) is 2. The van der Waals surface area contributed by atoms with Gasteiger partial charge in [0.1, 0.15) is 0 Å². The molecule has 0 unspecified atom stereocenters. The van der Waals surface area contributed by atoms with Crippen molar-refractivity contribution < 1.29 is 9.59 Å². The summed E-state index contributed by atoms with van der Waals surface area (Å²) >= 11 is 3.42. The fraction of sp³-hybridized carbons (Fsp3) is 0.333. The van der Waals surface area contributed by atoms with Crippen molar-refractivity contribution in [1.82, 2.24) is 0 Å². The molecule has 0 radical (unpaired) electrons. The summed E-state index contributed by atoms with van der Waals surface area (Å²) in [6.07, 6.45) is 4.27. The lowest BCUT2D eigenvalue weighted by molar-refractivity contribution is -0.116. The number of amides is 1. The zero-order valence-corrected chi connectivity index (χ0v) is 12.0. The van der Waals surface area contributed by atoms with Gasteiger partial charge in [0.2, 0.25) is 0 Å². The Hall–Kier alpha value is -1.42. The van der Waals surface area contributed by atoms with Crippen molar-refractivity contribution in [3.63, 3.8) is 0 Å². The van der Waals surface area contributed by atoms with Gasteiger partial charge < -0.3 is 5.32 Å². The molecule has 1 aliphatic carbocycles. The third-order valence-corrected chi connectivity index (χ3v) is 4.19. The molecule has 1 N–H and O–H groups in total. The van der Waals surface area contributed by atoms with E-state index in [4.69, 9.17) is 0 Å². The number of allylic oxidation sites excluding steroid dienone is 1. The minimum absolute atomic E-state index is 0.135. The van der Waals surface area contributed by atoms with Gasteiger partial charge in [-0.3, -0.25) is 9.59 Å². The molecule has 1 saturated carbocycles. The van der Waals surface area contributed by atoms with Crippen LogP contribution in [0.3, 0.4) is 0 Å². The van der Waals surface area contributed by atoms with Crippen LogP contribution in [0.4, 0.5) is 5.69 Å². The van der Waals surface area contributed by atoms with Crippen molar-refractivity contribution in [2.45, 2.75) is 32.1 Å². The molecule has 0 bridgehead atoms. The monoisotopic (exact) mass is 319 g/mol. The van der Waals surface area contributed by atoms with E-state index in [1.165, 1.54) is 0 Å². The van der Waals surface area contributed by atoms with Gasteiger partial charge in [-0.1, -0.05) is 22.4 Å². The van der Waals surface area contributed by atoms with E-state index in [0.717, 1.165) is 35.0 Å². The maximum absolute atomic E-state index is 12.2. The summed E-state index contributed by atoms with van der Waals surface area (Å²) in [6, 6.07) is 5.67. The molecule has 0 spiro atoms. The van der Waals surface area contributed by atoms with E-state index in [1.807, 2.05) is 18.2 Å². The first-order valence-corrected chi connectivity index (χ1v) is 7.34. The van der Waals surface area contributed by atoms with Gasteiger partial charge in [-0.2, -0.15) is 0 Å². The lowest BCUT2D eigenvalue weighted by Crippen LogP contribution is -2.10. The van der Waals surface area contributed by atoms with E-state index in [9.17, 15) is 9.59 Å². The zero-order chi connectivity index (χ0) is 13.4. The van der Waals surface area contributed by atoms with Crippen LogP contribution in [0, 0.1) is 0 Å². The number of hydrogen-bond donors (Lipinski definition) is 1. The highest BCUT2D eigenvalue weighted by atomic mass is 79.9. The topological polar surface area (TPSA) is 46.2 Å². The van der Waals surface area contributed by atoms with Crippen LogP contribution in [-0.2, 0) is 9.59 Å². The molecule has 98 valence electrons. The van der Waals surface area contributed by atoms with Crippen LogP contribution in [0.25, 0.3) is 5.57 Å². The standard InChI is InChI=1S/C15H14BrNO2/c16-9-6-7-12-11(8-9)14(15(19)17-12)10-4-2-1-3-5-13(10)18/h6-8H,1-5H2,(H,17,19)/b14-10+. The smallest absolute Gasteiger partial charge is 0.256 e. The maximum Gasteiger partial charge on any atom is 0.256 e. The maximum atomic E-state index is 12.2. The number of Topliss-reactive ketones (excluding diaryl/α,β-unsaturated/α-hetero) is 1. The van der Waals surface area contributed by atoms with Gasteiger partial charge in [0.05, 0.1) is 5.57 Å². The van der Waals surface area contributed by atoms with Gasteiger partial charge in [-0.15, -0.1) is 0 Å². The van der Waals surface area contributed by atoms with E-state index >= 15 is 0 Å². The fourth-order valence-electron chi connectivity index (χ4n) is 2.76. The van der Waals surface area contributed by atoms with Crippen LogP contribution < -0.4 is 5.32 Å². The lowest BCUT2D eigenvalue weighted by Gasteiger charge is -2.06. The highest BCUT2D eigenvalue weighted by Crippen LogP contribution is 2.38. The first-order chi connectivity index (χ1) is 9.16. The molecule has 1 aromatic carbocycles. The number of ketones is 1. The minimum atomic E-state index is -0.140. The molecule has 1 aromatic rings. The largest absolute Gasteiger partial charge is 0.321 e. The summed E-state index contributed by atoms with van der Waals surface area (Å²) in [7, 11) is 0. The predicted octanol–water partition coefficient (Wildman–Crippen LogP) is 3.69. The Kier molecular flexibility index (Phi) is 3.27. The molecule has 1 heterocycles. The number of rotatable bonds is 0. The predicted molar refractivity (Wildman–Crippen MR) is 77.8 cm³/mol. The van der Waals surface area contributed by atoms with Gasteiger partial charge in [0, 0.05) is 27.7 Å². The quantitative estimate of drug-likeness (QED) is 0.585. The minimum Gasteiger partial charge on any atom is -0.321 e. The highest BCUT2D eigenvalue weighted by molar-refractivity contribution is 9.10. The van der Waals surface area contributed by atoms with Gasteiger partial charge in [0.15, 0.2) is 5.78 Å². The third kappa shape index (κ3) is 2.25. The average molecular weight is 320 g/mol. The van der Waals surface area contributed by atoms with Crippen molar-refractivity contribution >= 4 is 38.9 Å². The molecule has 19 heavy (non-hydrogen) atoms. The molecule has 1 aliphatic heterocycles. The van der Waals surface area contributed by atoms with Gasteiger partial charge in [-0.25, -0.2) is 0 Å². The molecule has 3 rings (SSSR count). The van der Waals surface area contributed by atoms with Crippen LogP contribution in [-0.4, -0.2) is 11.7 Å². The van der Waals surface area contributed by atoms with Crippen molar-refractivity contribution in [3.05, 3.63) is 33.8 Å². The molecular weight excluding hydrogens is 306 g/mol. The summed E-state index contributed by atoms with van der Waals surface area (Å²) in [5.74, 6) is -0.00572. The first kappa shape index (κ1) is 12.6. The highest BCUT2D eigenvalue weighted by Gasteiger charge is 2.30. The molecule has 2 aliphatic rings. The first-order valence-electron chi connectivity index (χ1n) is 6.54. The van der Waals surface area contributed by atoms with Crippen LogP contribution in [0.1, 0.15) is 37.7 Å². The molecule has 3 nitrogen and oxygen atoms in total. The van der Waals surface area contributed by atoms with E-state index in [2.05, 4.69) is 21.2 Å². The van der Waals surface area contributed by atoms with Crippen LogP contribution in [0.5, 0.6) is 0 Å².